The molecule has 1 heterocycles. The van der Waals surface area contributed by atoms with Crippen molar-refractivity contribution in [2.45, 2.75) is 39.3 Å². The van der Waals surface area contributed by atoms with E-state index in [1.54, 1.807) is 4.90 Å². The number of carbonyl (C=O) groups is 1. The smallest absolute Gasteiger partial charge is 0.410 e. The summed E-state index contributed by atoms with van der Waals surface area (Å²) in [7, 11) is 0. The molecule has 2 rings (SSSR count). The van der Waals surface area contributed by atoms with E-state index in [9.17, 15) is 4.79 Å². The Morgan fingerprint density at radius 2 is 1.86 bits per heavy atom. The van der Waals surface area contributed by atoms with Gasteiger partial charge in [-0.3, -0.25) is 0 Å². The maximum Gasteiger partial charge on any atom is 0.410 e. The molecule has 0 unspecified atom stereocenters. The zero-order valence-electron chi connectivity index (χ0n) is 13.1. The molecule has 1 aliphatic heterocycles. The Morgan fingerprint density at radius 1 is 1.24 bits per heavy atom. The predicted molar refractivity (Wildman–Crippen MR) is 88.8 cm³/mol. The highest BCUT2D eigenvalue weighted by Crippen LogP contribution is 2.23. The number of carbonyl (C=O) groups excluding carboxylic acids is 1. The van der Waals surface area contributed by atoms with Crippen LogP contribution in [0.25, 0.3) is 0 Å². The first-order chi connectivity index (χ1) is 9.76. The van der Waals surface area contributed by atoms with Gasteiger partial charge in [-0.15, -0.1) is 0 Å². The van der Waals surface area contributed by atoms with Crippen LogP contribution in [0.3, 0.4) is 0 Å². The Balaban J connectivity index is 1.99. The molecule has 0 radical (unpaired) electrons. The highest BCUT2D eigenvalue weighted by atomic mass is 79.9. The standard InChI is InChI=1S/C16H23BrN2O2/c1-12-11-18(15(20)21-16(2,3)4)9-10-19(12)14-7-5-13(17)6-8-14/h5-8,12H,9-11H2,1-4H3/t12-/m1/s1. The summed E-state index contributed by atoms with van der Waals surface area (Å²) >= 11 is 3.45. The van der Waals surface area contributed by atoms with Crippen molar-refractivity contribution in [1.82, 2.24) is 4.90 Å². The van der Waals surface area contributed by atoms with Crippen LogP contribution in [0.2, 0.25) is 0 Å². The van der Waals surface area contributed by atoms with Crippen molar-refractivity contribution in [3.63, 3.8) is 0 Å². The third-order valence-corrected chi connectivity index (χ3v) is 3.97. The minimum atomic E-state index is -0.441. The van der Waals surface area contributed by atoms with Gasteiger partial charge in [0.05, 0.1) is 0 Å². The Hall–Kier alpha value is -1.23. The van der Waals surface area contributed by atoms with Crippen molar-refractivity contribution in [3.8, 4) is 0 Å². The molecule has 4 nitrogen and oxygen atoms in total. The first kappa shape index (κ1) is 16.1. The average Bonchev–Trinajstić information content (AvgIpc) is 2.38. The molecular formula is C16H23BrN2O2. The molecule has 21 heavy (non-hydrogen) atoms. The lowest BCUT2D eigenvalue weighted by atomic mass is 10.1. The summed E-state index contributed by atoms with van der Waals surface area (Å²) in [6.07, 6.45) is -0.218. The first-order valence-electron chi connectivity index (χ1n) is 7.26. The maximum atomic E-state index is 12.1. The van der Waals surface area contributed by atoms with Crippen molar-refractivity contribution in [2.24, 2.45) is 0 Å². The average molecular weight is 355 g/mol. The summed E-state index contributed by atoms with van der Waals surface area (Å²) in [5.74, 6) is 0. The fourth-order valence-electron chi connectivity index (χ4n) is 2.47. The minimum absolute atomic E-state index is 0.218. The van der Waals surface area contributed by atoms with Gasteiger partial charge in [0.2, 0.25) is 0 Å². The topological polar surface area (TPSA) is 32.8 Å². The second kappa shape index (κ2) is 6.26. The lowest BCUT2D eigenvalue weighted by molar-refractivity contribution is 0.0219. The van der Waals surface area contributed by atoms with Gasteiger partial charge < -0.3 is 14.5 Å². The SMILES string of the molecule is C[C@@H]1CN(C(=O)OC(C)(C)C)CCN1c1ccc(Br)cc1. The van der Waals surface area contributed by atoms with Gasteiger partial charge in [-0.05, 0) is 52.0 Å². The van der Waals surface area contributed by atoms with Gasteiger partial charge in [-0.1, -0.05) is 15.9 Å². The minimum Gasteiger partial charge on any atom is -0.444 e. The maximum absolute atomic E-state index is 12.1. The molecule has 0 saturated carbocycles. The Kier molecular flexibility index (Phi) is 4.81. The van der Waals surface area contributed by atoms with E-state index < -0.39 is 5.60 Å². The van der Waals surface area contributed by atoms with Crippen LogP contribution in [-0.4, -0.2) is 42.3 Å². The van der Waals surface area contributed by atoms with Crippen molar-refractivity contribution in [2.75, 3.05) is 24.5 Å². The van der Waals surface area contributed by atoms with E-state index in [0.29, 0.717) is 13.1 Å². The molecule has 1 fully saturated rings. The summed E-state index contributed by atoms with van der Waals surface area (Å²) in [6.45, 7) is 10.0. The number of hydrogen-bond donors (Lipinski definition) is 0. The van der Waals surface area contributed by atoms with Crippen LogP contribution in [0.1, 0.15) is 27.7 Å². The van der Waals surface area contributed by atoms with Crippen molar-refractivity contribution >= 4 is 27.7 Å². The molecule has 0 spiro atoms. The van der Waals surface area contributed by atoms with E-state index in [4.69, 9.17) is 4.74 Å². The Bertz CT molecular complexity index is 496. The lowest BCUT2D eigenvalue weighted by Gasteiger charge is -2.41. The summed E-state index contributed by atoms with van der Waals surface area (Å²) < 4.78 is 6.52. The van der Waals surface area contributed by atoms with E-state index >= 15 is 0 Å². The third-order valence-electron chi connectivity index (χ3n) is 3.44. The van der Waals surface area contributed by atoms with E-state index in [2.05, 4.69) is 39.9 Å². The number of anilines is 1. The number of benzene rings is 1. The van der Waals surface area contributed by atoms with Crippen LogP contribution in [0.4, 0.5) is 10.5 Å². The molecule has 0 bridgehead atoms. The zero-order valence-corrected chi connectivity index (χ0v) is 14.7. The van der Waals surface area contributed by atoms with Gasteiger partial charge in [0.15, 0.2) is 0 Å². The molecule has 1 amide bonds. The number of halogens is 1. The van der Waals surface area contributed by atoms with Crippen LogP contribution in [0.5, 0.6) is 0 Å². The second-order valence-electron chi connectivity index (χ2n) is 6.45. The van der Waals surface area contributed by atoms with Crippen LogP contribution in [0.15, 0.2) is 28.7 Å². The zero-order chi connectivity index (χ0) is 15.6. The second-order valence-corrected chi connectivity index (χ2v) is 7.36. The Morgan fingerprint density at radius 3 is 2.38 bits per heavy atom. The molecule has 1 aliphatic rings. The molecule has 1 aromatic rings. The molecule has 1 saturated heterocycles. The van der Waals surface area contributed by atoms with Gasteiger partial charge in [-0.2, -0.15) is 0 Å². The van der Waals surface area contributed by atoms with Gasteiger partial charge in [0.1, 0.15) is 5.60 Å². The molecule has 1 atom stereocenters. The number of amides is 1. The molecule has 0 aromatic heterocycles. The number of nitrogens with zero attached hydrogens (tertiary/aromatic N) is 2. The molecule has 116 valence electrons. The summed E-state index contributed by atoms with van der Waals surface area (Å²) in [4.78, 5) is 16.2. The van der Waals surface area contributed by atoms with Crippen LogP contribution in [0, 0.1) is 0 Å². The summed E-state index contributed by atoms with van der Waals surface area (Å²) in [5.41, 5.74) is 0.748. The van der Waals surface area contributed by atoms with Gasteiger partial charge in [0, 0.05) is 35.8 Å². The Labute approximate surface area is 135 Å². The quantitative estimate of drug-likeness (QED) is 0.766. The highest BCUT2D eigenvalue weighted by molar-refractivity contribution is 9.10. The molecule has 0 N–H and O–H groups in total. The molecule has 1 aromatic carbocycles. The molecule has 5 heteroatoms. The lowest BCUT2D eigenvalue weighted by Crippen LogP contribution is -2.54. The fraction of sp³-hybridized carbons (Fsp3) is 0.562. The predicted octanol–water partition coefficient (Wildman–Crippen LogP) is 3.89. The molecule has 0 aliphatic carbocycles. The van der Waals surface area contributed by atoms with E-state index in [0.717, 1.165) is 11.0 Å². The van der Waals surface area contributed by atoms with Crippen molar-refractivity contribution < 1.29 is 9.53 Å². The number of hydrogen-bond acceptors (Lipinski definition) is 3. The van der Waals surface area contributed by atoms with Crippen molar-refractivity contribution in [1.29, 1.82) is 0 Å². The summed E-state index contributed by atoms with van der Waals surface area (Å²) in [5, 5.41) is 0. The van der Waals surface area contributed by atoms with E-state index in [1.807, 2.05) is 32.9 Å². The normalized spacial score (nSPS) is 19.6. The first-order valence-corrected chi connectivity index (χ1v) is 8.06. The largest absolute Gasteiger partial charge is 0.444 e. The van der Waals surface area contributed by atoms with Gasteiger partial charge >= 0.3 is 6.09 Å². The van der Waals surface area contributed by atoms with Gasteiger partial charge in [-0.25, -0.2) is 4.79 Å². The molecular weight excluding hydrogens is 332 g/mol. The van der Waals surface area contributed by atoms with E-state index in [1.165, 1.54) is 5.69 Å². The summed E-state index contributed by atoms with van der Waals surface area (Å²) in [6, 6.07) is 8.56. The van der Waals surface area contributed by atoms with Gasteiger partial charge in [0.25, 0.3) is 0 Å². The number of rotatable bonds is 1. The van der Waals surface area contributed by atoms with Crippen LogP contribution in [-0.2, 0) is 4.74 Å². The number of ether oxygens (including phenoxy) is 1. The highest BCUT2D eigenvalue weighted by Gasteiger charge is 2.29. The van der Waals surface area contributed by atoms with Crippen LogP contribution < -0.4 is 4.90 Å². The van der Waals surface area contributed by atoms with Crippen molar-refractivity contribution in [3.05, 3.63) is 28.7 Å². The monoisotopic (exact) mass is 354 g/mol. The third kappa shape index (κ3) is 4.37. The van der Waals surface area contributed by atoms with Crippen LogP contribution >= 0.6 is 15.9 Å². The van der Waals surface area contributed by atoms with E-state index in [-0.39, 0.29) is 12.1 Å². The fourth-order valence-corrected chi connectivity index (χ4v) is 2.73. The number of piperazine rings is 1.